The fourth-order valence-electron chi connectivity index (χ4n) is 1.47. The van der Waals surface area contributed by atoms with Crippen molar-refractivity contribution in [1.82, 2.24) is 4.90 Å². The van der Waals surface area contributed by atoms with Gasteiger partial charge in [0, 0.05) is 19.2 Å². The summed E-state index contributed by atoms with van der Waals surface area (Å²) < 4.78 is 38.7. The van der Waals surface area contributed by atoms with Gasteiger partial charge in [-0.05, 0) is 25.0 Å². The second-order valence-electron chi connectivity index (χ2n) is 3.91. The number of unbranched alkanes of at least 4 members (excludes halogenated alkanes) is 1. The van der Waals surface area contributed by atoms with Crippen molar-refractivity contribution < 1.29 is 18.0 Å². The molecule has 1 aromatic carbocycles. The van der Waals surface area contributed by atoms with Gasteiger partial charge in [0.05, 0.1) is 0 Å². The number of hydrogen-bond acceptors (Lipinski definition) is 1. The Hall–Kier alpha value is -1.78. The lowest BCUT2D eigenvalue weighted by atomic mass is 10.1. The fraction of sp³-hybridized carbons (Fsp3) is 0.308. The van der Waals surface area contributed by atoms with Crippen LogP contribution in [-0.2, 0) is 0 Å². The van der Waals surface area contributed by atoms with Gasteiger partial charge in [-0.3, -0.25) is 4.79 Å². The molecule has 0 saturated heterocycles. The highest BCUT2D eigenvalue weighted by atomic mass is 19.2. The first-order valence-electron chi connectivity index (χ1n) is 5.48. The van der Waals surface area contributed by atoms with Crippen molar-refractivity contribution in [3.05, 3.63) is 47.8 Å². The van der Waals surface area contributed by atoms with Crippen molar-refractivity contribution in [2.75, 3.05) is 13.6 Å². The predicted molar refractivity (Wildman–Crippen MR) is 62.7 cm³/mol. The summed E-state index contributed by atoms with van der Waals surface area (Å²) in [6, 6.07) is 1.40. The fourth-order valence-corrected chi connectivity index (χ4v) is 1.47. The molecular weight excluding hydrogens is 243 g/mol. The Labute approximate surface area is 104 Å². The second kappa shape index (κ2) is 6.23. The van der Waals surface area contributed by atoms with Gasteiger partial charge < -0.3 is 4.90 Å². The van der Waals surface area contributed by atoms with Gasteiger partial charge >= 0.3 is 0 Å². The Bertz CT molecular complexity index is 437. The zero-order chi connectivity index (χ0) is 13.7. The van der Waals surface area contributed by atoms with E-state index in [9.17, 15) is 18.0 Å². The molecular formula is C13H14F3NO. The van der Waals surface area contributed by atoms with E-state index >= 15 is 0 Å². The minimum absolute atomic E-state index is 0.201. The van der Waals surface area contributed by atoms with Crippen molar-refractivity contribution in [1.29, 1.82) is 0 Å². The number of nitrogens with zero attached hydrogens (tertiary/aromatic N) is 1. The van der Waals surface area contributed by atoms with Crippen LogP contribution in [0.4, 0.5) is 13.2 Å². The molecule has 1 aromatic rings. The van der Waals surface area contributed by atoms with Crippen LogP contribution in [0.25, 0.3) is 0 Å². The molecule has 0 aliphatic rings. The van der Waals surface area contributed by atoms with Gasteiger partial charge in [-0.2, -0.15) is 0 Å². The summed E-state index contributed by atoms with van der Waals surface area (Å²) in [5.74, 6) is -4.84. The van der Waals surface area contributed by atoms with Crippen molar-refractivity contribution in [2.24, 2.45) is 0 Å². The highest BCUT2D eigenvalue weighted by molar-refractivity contribution is 5.94. The molecule has 0 spiro atoms. The van der Waals surface area contributed by atoms with Gasteiger partial charge in [-0.15, -0.1) is 6.58 Å². The molecule has 5 heteroatoms. The zero-order valence-electron chi connectivity index (χ0n) is 10.0. The molecule has 0 radical (unpaired) electrons. The van der Waals surface area contributed by atoms with Gasteiger partial charge in [-0.25, -0.2) is 13.2 Å². The summed E-state index contributed by atoms with van der Waals surface area (Å²) in [5.41, 5.74) is -0.201. The van der Waals surface area contributed by atoms with Crippen LogP contribution in [0.15, 0.2) is 24.8 Å². The topological polar surface area (TPSA) is 20.3 Å². The highest BCUT2D eigenvalue weighted by Gasteiger charge is 2.17. The average Bonchev–Trinajstić information content (AvgIpc) is 2.34. The Balaban J connectivity index is 2.80. The summed E-state index contributed by atoms with van der Waals surface area (Å²) in [6.07, 6.45) is 3.16. The molecule has 0 aliphatic carbocycles. The Morgan fingerprint density at radius 2 is 1.89 bits per heavy atom. The zero-order valence-corrected chi connectivity index (χ0v) is 10.0. The van der Waals surface area contributed by atoms with Crippen LogP contribution in [0.1, 0.15) is 23.2 Å². The molecule has 0 atom stereocenters. The lowest BCUT2D eigenvalue weighted by molar-refractivity contribution is 0.0792. The first kappa shape index (κ1) is 14.3. The number of allylic oxidation sites excluding steroid dienone is 1. The van der Waals surface area contributed by atoms with E-state index < -0.39 is 23.4 Å². The van der Waals surface area contributed by atoms with Crippen LogP contribution in [0, 0.1) is 17.5 Å². The third kappa shape index (κ3) is 3.35. The molecule has 18 heavy (non-hydrogen) atoms. The minimum Gasteiger partial charge on any atom is -0.342 e. The molecule has 1 amide bonds. The lowest BCUT2D eigenvalue weighted by Crippen LogP contribution is -2.28. The van der Waals surface area contributed by atoms with Crippen LogP contribution < -0.4 is 0 Å². The smallest absolute Gasteiger partial charge is 0.253 e. The first-order valence-corrected chi connectivity index (χ1v) is 5.48. The van der Waals surface area contributed by atoms with E-state index in [0.29, 0.717) is 25.1 Å². The van der Waals surface area contributed by atoms with Crippen molar-refractivity contribution >= 4 is 5.91 Å². The molecule has 2 nitrogen and oxygen atoms in total. The normalized spacial score (nSPS) is 10.2. The van der Waals surface area contributed by atoms with Gasteiger partial charge in [-0.1, -0.05) is 6.08 Å². The Morgan fingerprint density at radius 1 is 1.33 bits per heavy atom. The summed E-state index contributed by atoms with van der Waals surface area (Å²) in [5, 5.41) is 0. The van der Waals surface area contributed by atoms with Gasteiger partial charge in [0.2, 0.25) is 0 Å². The molecule has 0 saturated carbocycles. The van der Waals surface area contributed by atoms with Crippen LogP contribution >= 0.6 is 0 Å². The van der Waals surface area contributed by atoms with Crippen molar-refractivity contribution in [3.63, 3.8) is 0 Å². The van der Waals surface area contributed by atoms with Gasteiger partial charge in [0.15, 0.2) is 17.5 Å². The van der Waals surface area contributed by atoms with Crippen LogP contribution in [-0.4, -0.2) is 24.4 Å². The molecule has 0 bridgehead atoms. The monoisotopic (exact) mass is 257 g/mol. The van der Waals surface area contributed by atoms with E-state index in [1.165, 1.54) is 11.9 Å². The van der Waals surface area contributed by atoms with Crippen LogP contribution in [0.5, 0.6) is 0 Å². The van der Waals surface area contributed by atoms with E-state index in [4.69, 9.17) is 0 Å². The summed E-state index contributed by atoms with van der Waals surface area (Å²) in [6.45, 7) is 3.99. The lowest BCUT2D eigenvalue weighted by Gasteiger charge is -2.16. The molecule has 0 heterocycles. The largest absolute Gasteiger partial charge is 0.342 e. The van der Waals surface area contributed by atoms with Gasteiger partial charge in [0.25, 0.3) is 5.91 Å². The van der Waals surface area contributed by atoms with Gasteiger partial charge in [0.1, 0.15) is 0 Å². The maximum Gasteiger partial charge on any atom is 0.253 e. The number of halogens is 3. The summed E-state index contributed by atoms with van der Waals surface area (Å²) in [4.78, 5) is 13.1. The van der Waals surface area contributed by atoms with E-state index in [-0.39, 0.29) is 5.56 Å². The molecule has 0 N–H and O–H groups in total. The van der Waals surface area contributed by atoms with E-state index in [2.05, 4.69) is 6.58 Å². The Kier molecular flexibility index (Phi) is 4.95. The SMILES string of the molecule is C=CCCCN(C)C(=O)c1cc(F)c(F)c(F)c1. The third-order valence-corrected chi connectivity index (χ3v) is 2.48. The molecule has 0 fully saturated rings. The van der Waals surface area contributed by atoms with Crippen molar-refractivity contribution in [2.45, 2.75) is 12.8 Å². The maximum atomic E-state index is 13.0. The number of rotatable bonds is 5. The minimum atomic E-state index is -1.57. The molecule has 0 unspecified atom stereocenters. The van der Waals surface area contributed by atoms with E-state index in [1.54, 1.807) is 6.08 Å². The first-order chi connectivity index (χ1) is 8.47. The number of carbonyl (C=O) groups is 1. The summed E-state index contributed by atoms with van der Waals surface area (Å²) in [7, 11) is 1.52. The van der Waals surface area contributed by atoms with E-state index in [0.717, 1.165) is 6.42 Å². The average molecular weight is 257 g/mol. The van der Waals surface area contributed by atoms with Crippen LogP contribution in [0.2, 0.25) is 0 Å². The second-order valence-corrected chi connectivity index (χ2v) is 3.91. The third-order valence-electron chi connectivity index (χ3n) is 2.48. The summed E-state index contributed by atoms with van der Waals surface area (Å²) >= 11 is 0. The molecule has 0 aromatic heterocycles. The number of amides is 1. The Morgan fingerprint density at radius 3 is 2.39 bits per heavy atom. The number of carbonyl (C=O) groups excluding carboxylic acids is 1. The molecule has 98 valence electrons. The number of benzene rings is 1. The van der Waals surface area contributed by atoms with Crippen molar-refractivity contribution in [3.8, 4) is 0 Å². The number of hydrogen-bond donors (Lipinski definition) is 0. The highest BCUT2D eigenvalue weighted by Crippen LogP contribution is 2.15. The van der Waals surface area contributed by atoms with E-state index in [1.807, 2.05) is 0 Å². The molecule has 1 rings (SSSR count). The predicted octanol–water partition coefficient (Wildman–Crippen LogP) is 3.14. The molecule has 0 aliphatic heterocycles. The quantitative estimate of drug-likeness (QED) is 0.451. The standard InChI is InChI=1S/C13H14F3NO/c1-3-4-5-6-17(2)13(18)9-7-10(14)12(16)11(15)8-9/h3,7-8H,1,4-6H2,2H3. The maximum absolute atomic E-state index is 13.0. The van der Waals surface area contributed by atoms with Crippen LogP contribution in [0.3, 0.4) is 0 Å².